The third-order valence-corrected chi connectivity index (χ3v) is 3.59. The molecule has 1 saturated carbocycles. The maximum absolute atomic E-state index is 12.0. The van der Waals surface area contributed by atoms with Gasteiger partial charge in [0, 0.05) is 11.6 Å². The fourth-order valence-corrected chi connectivity index (χ4v) is 2.25. The van der Waals surface area contributed by atoms with E-state index in [-0.39, 0.29) is 17.0 Å². The lowest BCUT2D eigenvalue weighted by Gasteiger charge is -2.08. The standard InChI is InChI=1S/C14H14N4O5/c1-22-12-6-9(13-15-7-17(16-13)8-3-4-8)10(14(19)23-2)5-11(12)18(20)21/h5-8H,3-4H2,1-2H3. The average Bonchev–Trinajstić information content (AvgIpc) is 3.30. The van der Waals surface area contributed by atoms with Gasteiger partial charge in [0.15, 0.2) is 11.6 Å². The van der Waals surface area contributed by atoms with E-state index in [1.807, 2.05) is 0 Å². The van der Waals surface area contributed by atoms with Gasteiger partial charge in [0.05, 0.1) is 30.7 Å². The smallest absolute Gasteiger partial charge is 0.338 e. The Bertz CT molecular complexity index is 781. The van der Waals surface area contributed by atoms with Crippen LogP contribution in [0, 0.1) is 10.1 Å². The van der Waals surface area contributed by atoms with Crippen molar-refractivity contribution in [2.45, 2.75) is 18.9 Å². The maximum atomic E-state index is 12.0. The molecule has 9 nitrogen and oxygen atoms in total. The topological polar surface area (TPSA) is 109 Å². The molecule has 1 heterocycles. The molecule has 1 aromatic heterocycles. The fourth-order valence-electron chi connectivity index (χ4n) is 2.25. The van der Waals surface area contributed by atoms with Gasteiger partial charge in [-0.15, -0.1) is 0 Å². The molecule has 0 bridgehead atoms. The zero-order valence-electron chi connectivity index (χ0n) is 12.6. The number of carbonyl (C=O) groups is 1. The van der Waals surface area contributed by atoms with Gasteiger partial charge in [-0.05, 0) is 18.9 Å². The summed E-state index contributed by atoms with van der Waals surface area (Å²) in [7, 11) is 2.53. The zero-order valence-corrected chi connectivity index (χ0v) is 12.6. The Balaban J connectivity index is 2.15. The molecule has 0 atom stereocenters. The first-order chi connectivity index (χ1) is 11.0. The molecule has 0 unspecified atom stereocenters. The molecule has 2 aromatic rings. The molecule has 0 spiro atoms. The molecule has 1 fully saturated rings. The van der Waals surface area contributed by atoms with Crippen molar-refractivity contribution in [3.05, 3.63) is 34.1 Å². The number of aromatic nitrogens is 3. The first-order valence-corrected chi connectivity index (χ1v) is 6.91. The molecule has 0 amide bonds. The number of benzene rings is 1. The molecule has 0 N–H and O–H groups in total. The van der Waals surface area contributed by atoms with E-state index in [1.54, 1.807) is 11.0 Å². The lowest BCUT2D eigenvalue weighted by molar-refractivity contribution is -0.385. The van der Waals surface area contributed by atoms with Crippen LogP contribution in [-0.2, 0) is 4.74 Å². The summed E-state index contributed by atoms with van der Waals surface area (Å²) in [5.74, 6) is -0.376. The van der Waals surface area contributed by atoms with Gasteiger partial charge in [0.25, 0.3) is 0 Å². The second-order valence-corrected chi connectivity index (χ2v) is 5.10. The van der Waals surface area contributed by atoms with Crippen molar-refractivity contribution in [1.82, 2.24) is 14.8 Å². The van der Waals surface area contributed by atoms with Crippen LogP contribution in [0.4, 0.5) is 5.69 Å². The number of nitrogens with zero attached hydrogens (tertiary/aromatic N) is 4. The van der Waals surface area contributed by atoms with Crippen molar-refractivity contribution in [1.29, 1.82) is 0 Å². The minimum absolute atomic E-state index is 0.0218. The van der Waals surface area contributed by atoms with E-state index in [9.17, 15) is 14.9 Å². The second-order valence-electron chi connectivity index (χ2n) is 5.10. The highest BCUT2D eigenvalue weighted by molar-refractivity contribution is 5.97. The van der Waals surface area contributed by atoms with Crippen molar-refractivity contribution in [3.63, 3.8) is 0 Å². The van der Waals surface area contributed by atoms with Gasteiger partial charge >= 0.3 is 11.7 Å². The Morgan fingerprint density at radius 2 is 2.13 bits per heavy atom. The first-order valence-electron chi connectivity index (χ1n) is 6.91. The summed E-state index contributed by atoms with van der Waals surface area (Å²) in [5, 5.41) is 15.5. The molecule has 9 heteroatoms. The normalized spacial score (nSPS) is 13.7. The summed E-state index contributed by atoms with van der Waals surface area (Å²) in [6.07, 6.45) is 3.66. The predicted molar refractivity (Wildman–Crippen MR) is 78.3 cm³/mol. The van der Waals surface area contributed by atoms with Crippen molar-refractivity contribution >= 4 is 11.7 Å². The minimum atomic E-state index is -0.700. The number of esters is 1. The van der Waals surface area contributed by atoms with Crippen LogP contribution in [0.3, 0.4) is 0 Å². The summed E-state index contributed by atoms with van der Waals surface area (Å²) in [6.45, 7) is 0. The molecule has 1 aromatic carbocycles. The number of hydrogen-bond donors (Lipinski definition) is 0. The van der Waals surface area contributed by atoms with Gasteiger partial charge < -0.3 is 9.47 Å². The molecule has 0 radical (unpaired) electrons. The summed E-state index contributed by atoms with van der Waals surface area (Å²) < 4.78 is 11.5. The fraction of sp³-hybridized carbons (Fsp3) is 0.357. The number of nitro groups is 1. The molecule has 0 saturated heterocycles. The second kappa shape index (κ2) is 5.67. The molecular weight excluding hydrogens is 304 g/mol. The quantitative estimate of drug-likeness (QED) is 0.471. The SMILES string of the molecule is COC(=O)c1cc([N+](=O)[O-])c(OC)cc1-c1ncn(C2CC2)n1. The Hall–Kier alpha value is -2.97. The zero-order chi connectivity index (χ0) is 16.6. The number of rotatable bonds is 5. The molecular formula is C14H14N4O5. The number of hydrogen-bond acceptors (Lipinski definition) is 7. The van der Waals surface area contributed by atoms with Crippen molar-refractivity contribution in [2.75, 3.05) is 14.2 Å². The number of methoxy groups -OCH3 is 2. The Morgan fingerprint density at radius 3 is 2.70 bits per heavy atom. The van der Waals surface area contributed by atoms with Gasteiger partial charge in [-0.1, -0.05) is 0 Å². The highest BCUT2D eigenvalue weighted by atomic mass is 16.6. The van der Waals surface area contributed by atoms with Crippen LogP contribution in [-0.4, -0.2) is 39.9 Å². The largest absolute Gasteiger partial charge is 0.490 e. The highest BCUT2D eigenvalue weighted by Gasteiger charge is 2.28. The summed E-state index contributed by atoms with van der Waals surface area (Å²) in [5.41, 5.74) is 0.0329. The van der Waals surface area contributed by atoms with Crippen LogP contribution in [0.2, 0.25) is 0 Å². The number of nitro benzene ring substituents is 1. The van der Waals surface area contributed by atoms with Gasteiger partial charge in [-0.3, -0.25) is 10.1 Å². The van der Waals surface area contributed by atoms with Gasteiger partial charge in [0.2, 0.25) is 0 Å². The predicted octanol–water partition coefficient (Wildman–Crippen LogP) is 1.98. The van der Waals surface area contributed by atoms with E-state index < -0.39 is 10.9 Å². The van der Waals surface area contributed by atoms with E-state index in [0.717, 1.165) is 18.9 Å². The molecule has 1 aliphatic carbocycles. The van der Waals surface area contributed by atoms with Crippen LogP contribution in [0.1, 0.15) is 29.2 Å². The molecule has 23 heavy (non-hydrogen) atoms. The molecule has 0 aliphatic heterocycles. The van der Waals surface area contributed by atoms with E-state index in [1.165, 1.54) is 20.3 Å². The molecule has 3 rings (SSSR count). The summed E-state index contributed by atoms with van der Waals surface area (Å²) >= 11 is 0. The Kier molecular flexibility index (Phi) is 3.68. The van der Waals surface area contributed by atoms with Crippen LogP contribution in [0.15, 0.2) is 18.5 Å². The van der Waals surface area contributed by atoms with Gasteiger partial charge in [-0.25, -0.2) is 14.5 Å². The van der Waals surface area contributed by atoms with Crippen molar-refractivity contribution in [2.24, 2.45) is 0 Å². The Morgan fingerprint density at radius 1 is 1.39 bits per heavy atom. The highest BCUT2D eigenvalue weighted by Crippen LogP contribution is 2.37. The molecule has 1 aliphatic rings. The lowest BCUT2D eigenvalue weighted by atomic mass is 10.1. The van der Waals surface area contributed by atoms with E-state index in [2.05, 4.69) is 10.1 Å². The van der Waals surface area contributed by atoms with Crippen LogP contribution in [0.25, 0.3) is 11.4 Å². The Labute approximate surface area is 131 Å². The number of ether oxygens (including phenoxy) is 2. The summed E-state index contributed by atoms with van der Waals surface area (Å²) in [6, 6.07) is 2.84. The van der Waals surface area contributed by atoms with E-state index in [0.29, 0.717) is 17.4 Å². The average molecular weight is 318 g/mol. The van der Waals surface area contributed by atoms with Crippen LogP contribution in [0.5, 0.6) is 5.75 Å². The van der Waals surface area contributed by atoms with Crippen molar-refractivity contribution in [3.8, 4) is 17.1 Å². The monoisotopic (exact) mass is 318 g/mol. The lowest BCUT2D eigenvalue weighted by Crippen LogP contribution is -2.07. The summed E-state index contributed by atoms with van der Waals surface area (Å²) in [4.78, 5) is 26.7. The van der Waals surface area contributed by atoms with Gasteiger partial charge in [0.1, 0.15) is 6.33 Å². The van der Waals surface area contributed by atoms with Crippen molar-refractivity contribution < 1.29 is 19.2 Å². The van der Waals surface area contributed by atoms with Gasteiger partial charge in [-0.2, -0.15) is 5.10 Å². The third kappa shape index (κ3) is 2.72. The first kappa shape index (κ1) is 14.9. The third-order valence-electron chi connectivity index (χ3n) is 3.59. The van der Waals surface area contributed by atoms with Crippen LogP contribution < -0.4 is 4.74 Å². The van der Waals surface area contributed by atoms with E-state index >= 15 is 0 Å². The maximum Gasteiger partial charge on any atom is 0.338 e. The van der Waals surface area contributed by atoms with E-state index in [4.69, 9.17) is 9.47 Å². The van der Waals surface area contributed by atoms with Crippen LogP contribution >= 0.6 is 0 Å². The number of carbonyl (C=O) groups excluding carboxylic acids is 1. The molecule has 120 valence electrons. The minimum Gasteiger partial charge on any atom is -0.490 e.